The Balaban J connectivity index is 1.58. The molecule has 0 aromatic heterocycles. The number of rotatable bonds is 6. The van der Waals surface area contributed by atoms with Gasteiger partial charge in [-0.1, -0.05) is 45.8 Å². The van der Waals surface area contributed by atoms with E-state index in [4.69, 9.17) is 0 Å². The van der Waals surface area contributed by atoms with Crippen LogP contribution in [-0.4, -0.2) is 25.2 Å². The van der Waals surface area contributed by atoms with E-state index in [-0.39, 0.29) is 16.1 Å². The number of amides is 1. The number of sulfonamides is 1. The lowest BCUT2D eigenvalue weighted by Gasteiger charge is -2.20. The fourth-order valence-corrected chi connectivity index (χ4v) is 4.92. The first-order valence-electron chi connectivity index (χ1n) is 9.65. The van der Waals surface area contributed by atoms with Crippen molar-refractivity contribution in [2.24, 2.45) is 0 Å². The Bertz CT molecular complexity index is 1340. The molecule has 0 spiro atoms. The largest absolute Gasteiger partial charge is 0.375 e. The van der Waals surface area contributed by atoms with Crippen LogP contribution < -0.4 is 10.0 Å². The predicted octanol–water partition coefficient (Wildman–Crippen LogP) is 3.97. The van der Waals surface area contributed by atoms with Gasteiger partial charge in [0.1, 0.15) is 0 Å². The molecule has 9 heteroatoms. The van der Waals surface area contributed by atoms with E-state index in [0.717, 1.165) is 5.56 Å². The molecule has 1 aliphatic rings. The Labute approximate surface area is 193 Å². The second-order valence-corrected chi connectivity index (χ2v) is 10.2. The number of anilines is 2. The number of aryl methyl sites for hydroxylation is 1. The van der Waals surface area contributed by atoms with Gasteiger partial charge in [0.25, 0.3) is 15.9 Å². The monoisotopic (exact) mass is 514 g/mol. The molecule has 0 fully saturated rings. The van der Waals surface area contributed by atoms with E-state index in [1.54, 1.807) is 30.3 Å². The van der Waals surface area contributed by atoms with Crippen molar-refractivity contribution in [1.82, 2.24) is 0 Å². The van der Waals surface area contributed by atoms with Crippen molar-refractivity contribution >= 4 is 49.0 Å². The van der Waals surface area contributed by atoms with Gasteiger partial charge >= 0.3 is 0 Å². The van der Waals surface area contributed by atoms with Crippen molar-refractivity contribution < 1.29 is 23.1 Å². The molecule has 1 heterocycles. The van der Waals surface area contributed by atoms with Crippen LogP contribution in [-0.2, 0) is 20.4 Å². The van der Waals surface area contributed by atoms with Crippen molar-refractivity contribution in [1.29, 1.82) is 0 Å². The molecule has 0 saturated heterocycles. The molecule has 3 aromatic carbocycles. The maximum Gasteiger partial charge on any atom is 0.261 e. The standard InChI is InChI=1S/C23H19BrN2O5S/c1-14-5-8-18(9-6-14)32(30,31)26-17-4-2-3-15(11-17)21(27)13-23(29)19-12-16(24)7-10-20(19)25-22(23)28/h2-12,26,29H,13H2,1H3,(H,25,28). The minimum atomic E-state index is -3.84. The first-order chi connectivity index (χ1) is 15.1. The molecule has 3 N–H and O–H groups in total. The van der Waals surface area contributed by atoms with Gasteiger partial charge in [0.05, 0.1) is 11.3 Å². The Morgan fingerprint density at radius 2 is 1.81 bits per heavy atom. The lowest BCUT2D eigenvalue weighted by atomic mass is 9.88. The minimum Gasteiger partial charge on any atom is -0.375 e. The lowest BCUT2D eigenvalue weighted by Crippen LogP contribution is -2.36. The van der Waals surface area contributed by atoms with Crippen LogP contribution in [0.2, 0.25) is 0 Å². The van der Waals surface area contributed by atoms with E-state index in [1.807, 2.05) is 6.92 Å². The summed E-state index contributed by atoms with van der Waals surface area (Å²) >= 11 is 3.31. The van der Waals surface area contributed by atoms with Crippen LogP contribution in [0.3, 0.4) is 0 Å². The molecular weight excluding hydrogens is 496 g/mol. The molecule has 1 aliphatic heterocycles. The van der Waals surface area contributed by atoms with Crippen LogP contribution >= 0.6 is 15.9 Å². The molecule has 7 nitrogen and oxygen atoms in total. The summed E-state index contributed by atoms with van der Waals surface area (Å²) in [6, 6.07) is 17.3. The highest BCUT2D eigenvalue weighted by Crippen LogP contribution is 2.40. The highest BCUT2D eigenvalue weighted by atomic mass is 79.9. The molecule has 164 valence electrons. The number of benzene rings is 3. The molecular formula is C23H19BrN2O5S. The molecule has 1 unspecified atom stereocenters. The molecule has 0 aliphatic carbocycles. The van der Waals surface area contributed by atoms with Crippen LogP contribution in [0.4, 0.5) is 11.4 Å². The van der Waals surface area contributed by atoms with E-state index < -0.39 is 33.7 Å². The van der Waals surface area contributed by atoms with E-state index in [1.165, 1.54) is 36.4 Å². The topological polar surface area (TPSA) is 113 Å². The SMILES string of the molecule is Cc1ccc(S(=O)(=O)Nc2cccc(C(=O)CC3(O)C(=O)Nc4ccc(Br)cc43)c2)cc1. The van der Waals surface area contributed by atoms with Gasteiger partial charge in [0.15, 0.2) is 11.4 Å². The van der Waals surface area contributed by atoms with Crippen LogP contribution in [0.15, 0.2) is 76.1 Å². The smallest absolute Gasteiger partial charge is 0.261 e. The maximum absolute atomic E-state index is 12.9. The number of nitrogens with one attached hydrogen (secondary N) is 2. The second-order valence-electron chi connectivity index (χ2n) is 7.60. The molecule has 0 radical (unpaired) electrons. The second kappa shape index (κ2) is 8.16. The van der Waals surface area contributed by atoms with Gasteiger partial charge in [-0.25, -0.2) is 8.42 Å². The quantitative estimate of drug-likeness (QED) is 0.430. The Morgan fingerprint density at radius 1 is 1.09 bits per heavy atom. The number of hydrogen-bond acceptors (Lipinski definition) is 5. The number of Topliss-reactive ketones (excluding diaryl/α,β-unsaturated/α-hetero) is 1. The van der Waals surface area contributed by atoms with Crippen molar-refractivity contribution in [2.75, 3.05) is 10.0 Å². The zero-order chi connectivity index (χ0) is 23.1. The van der Waals surface area contributed by atoms with Gasteiger partial charge < -0.3 is 10.4 Å². The third-order valence-electron chi connectivity index (χ3n) is 5.24. The molecule has 1 atom stereocenters. The van der Waals surface area contributed by atoms with Crippen LogP contribution in [0.5, 0.6) is 0 Å². The molecule has 1 amide bonds. The van der Waals surface area contributed by atoms with Gasteiger partial charge in [0, 0.05) is 27.0 Å². The maximum atomic E-state index is 12.9. The van der Waals surface area contributed by atoms with E-state index in [2.05, 4.69) is 26.0 Å². The number of aliphatic hydroxyl groups is 1. The lowest BCUT2D eigenvalue weighted by molar-refractivity contribution is -0.133. The average molecular weight is 515 g/mol. The molecule has 0 saturated carbocycles. The summed E-state index contributed by atoms with van der Waals surface area (Å²) in [4.78, 5) is 25.5. The number of fused-ring (bicyclic) bond motifs is 1. The third-order valence-corrected chi connectivity index (χ3v) is 7.13. The number of ketones is 1. The zero-order valence-electron chi connectivity index (χ0n) is 16.9. The van der Waals surface area contributed by atoms with E-state index >= 15 is 0 Å². The van der Waals surface area contributed by atoms with Crippen molar-refractivity contribution in [3.63, 3.8) is 0 Å². The molecule has 3 aromatic rings. The van der Waals surface area contributed by atoms with E-state index in [9.17, 15) is 23.1 Å². The number of hydrogen-bond donors (Lipinski definition) is 3. The van der Waals surface area contributed by atoms with E-state index in [0.29, 0.717) is 15.7 Å². The average Bonchev–Trinajstić information content (AvgIpc) is 2.98. The fraction of sp³-hybridized carbons (Fsp3) is 0.130. The first kappa shape index (κ1) is 22.2. The normalized spacial score (nSPS) is 17.5. The highest BCUT2D eigenvalue weighted by Gasteiger charge is 2.46. The summed E-state index contributed by atoms with van der Waals surface area (Å²) in [5.74, 6) is -1.19. The van der Waals surface area contributed by atoms with Gasteiger partial charge in [-0.2, -0.15) is 0 Å². The Kier molecular flexibility index (Phi) is 5.66. The fourth-order valence-electron chi connectivity index (χ4n) is 3.51. The summed E-state index contributed by atoms with van der Waals surface area (Å²) in [6.07, 6.45) is -0.490. The number of carbonyl (C=O) groups excluding carboxylic acids is 2. The zero-order valence-corrected chi connectivity index (χ0v) is 19.3. The van der Waals surface area contributed by atoms with Crippen LogP contribution in [0.1, 0.15) is 27.9 Å². The summed E-state index contributed by atoms with van der Waals surface area (Å²) < 4.78 is 28.4. The molecule has 32 heavy (non-hydrogen) atoms. The minimum absolute atomic E-state index is 0.0963. The number of carbonyl (C=O) groups is 2. The number of halogens is 1. The van der Waals surface area contributed by atoms with Gasteiger partial charge in [0.2, 0.25) is 0 Å². The van der Waals surface area contributed by atoms with Crippen LogP contribution in [0.25, 0.3) is 0 Å². The third kappa shape index (κ3) is 4.19. The summed E-state index contributed by atoms with van der Waals surface area (Å²) in [6.45, 7) is 1.86. The highest BCUT2D eigenvalue weighted by molar-refractivity contribution is 9.10. The van der Waals surface area contributed by atoms with Crippen molar-refractivity contribution in [3.05, 3.63) is 87.9 Å². The summed E-state index contributed by atoms with van der Waals surface area (Å²) in [5, 5.41) is 13.6. The van der Waals surface area contributed by atoms with Crippen molar-refractivity contribution in [3.8, 4) is 0 Å². The molecule has 4 rings (SSSR count). The predicted molar refractivity (Wildman–Crippen MR) is 124 cm³/mol. The van der Waals surface area contributed by atoms with Gasteiger partial charge in [-0.05, 0) is 49.4 Å². The Morgan fingerprint density at radius 3 is 2.53 bits per heavy atom. The van der Waals surface area contributed by atoms with Gasteiger partial charge in [-0.15, -0.1) is 0 Å². The van der Waals surface area contributed by atoms with Crippen LogP contribution in [0, 0.1) is 6.92 Å². The van der Waals surface area contributed by atoms with Gasteiger partial charge in [-0.3, -0.25) is 14.3 Å². The first-order valence-corrected chi connectivity index (χ1v) is 11.9. The molecule has 0 bridgehead atoms. The summed E-state index contributed by atoms with van der Waals surface area (Å²) in [7, 11) is -3.84. The van der Waals surface area contributed by atoms with Crippen molar-refractivity contribution in [2.45, 2.75) is 23.8 Å². The Hall–Kier alpha value is -3.01. The summed E-state index contributed by atoms with van der Waals surface area (Å²) in [5.41, 5.74) is 0.0166.